The molecular formula is C9H7FINO. The molecule has 4 heteroatoms. The zero-order chi connectivity index (χ0) is 9.84. The van der Waals surface area contributed by atoms with E-state index in [1.54, 1.807) is 12.1 Å². The van der Waals surface area contributed by atoms with Crippen molar-refractivity contribution in [3.63, 3.8) is 0 Å². The second kappa shape index (κ2) is 4.36. The van der Waals surface area contributed by atoms with Crippen LogP contribution in [-0.2, 0) is 4.79 Å². The van der Waals surface area contributed by atoms with Crippen molar-refractivity contribution in [3.05, 3.63) is 39.2 Å². The molecule has 1 aromatic rings. The summed E-state index contributed by atoms with van der Waals surface area (Å²) < 4.78 is 13.9. The van der Waals surface area contributed by atoms with Crippen LogP contribution in [0, 0.1) is 9.39 Å². The van der Waals surface area contributed by atoms with Crippen LogP contribution in [0.3, 0.4) is 0 Å². The summed E-state index contributed by atoms with van der Waals surface area (Å²) in [5, 5.41) is 0. The average molecular weight is 291 g/mol. The van der Waals surface area contributed by atoms with Gasteiger partial charge in [0.1, 0.15) is 5.82 Å². The molecule has 13 heavy (non-hydrogen) atoms. The fraction of sp³-hybridized carbons (Fsp3) is 0. The van der Waals surface area contributed by atoms with Crippen molar-refractivity contribution in [2.75, 3.05) is 0 Å². The van der Waals surface area contributed by atoms with Gasteiger partial charge in [-0.25, -0.2) is 4.39 Å². The van der Waals surface area contributed by atoms with Gasteiger partial charge in [0.2, 0.25) is 5.91 Å². The summed E-state index contributed by atoms with van der Waals surface area (Å²) in [6, 6.07) is 4.63. The largest absolute Gasteiger partial charge is 0.366 e. The highest BCUT2D eigenvalue weighted by atomic mass is 127. The maximum Gasteiger partial charge on any atom is 0.241 e. The Hall–Kier alpha value is -0.910. The number of primary amides is 1. The number of hydrogen-bond acceptors (Lipinski definition) is 1. The standard InChI is InChI=1S/C9H7FINO/c10-8-3-2-7(11)5-6(8)1-4-9(12)13/h1-5H,(H2,12,13)/b4-1+. The molecule has 0 fully saturated rings. The minimum Gasteiger partial charge on any atom is -0.366 e. The average Bonchev–Trinajstić information content (AvgIpc) is 2.06. The zero-order valence-corrected chi connectivity index (χ0v) is 8.79. The van der Waals surface area contributed by atoms with Gasteiger partial charge in [-0.2, -0.15) is 0 Å². The third kappa shape index (κ3) is 3.14. The number of amides is 1. The lowest BCUT2D eigenvalue weighted by Crippen LogP contribution is -2.05. The van der Waals surface area contributed by atoms with Gasteiger partial charge in [0.05, 0.1) is 0 Å². The van der Waals surface area contributed by atoms with Crippen molar-refractivity contribution in [2.24, 2.45) is 5.73 Å². The molecule has 0 saturated heterocycles. The van der Waals surface area contributed by atoms with E-state index in [4.69, 9.17) is 5.73 Å². The van der Waals surface area contributed by atoms with Gasteiger partial charge in [0.15, 0.2) is 0 Å². The van der Waals surface area contributed by atoms with E-state index >= 15 is 0 Å². The van der Waals surface area contributed by atoms with Gasteiger partial charge in [0.25, 0.3) is 0 Å². The molecule has 0 aliphatic rings. The van der Waals surface area contributed by atoms with Gasteiger partial charge in [0, 0.05) is 15.2 Å². The number of carbonyl (C=O) groups is 1. The Balaban J connectivity index is 3.00. The zero-order valence-electron chi connectivity index (χ0n) is 6.63. The van der Waals surface area contributed by atoms with Crippen LogP contribution in [0.25, 0.3) is 6.08 Å². The summed E-state index contributed by atoms with van der Waals surface area (Å²) in [4.78, 5) is 10.4. The number of carbonyl (C=O) groups excluding carboxylic acids is 1. The summed E-state index contributed by atoms with van der Waals surface area (Å²) in [6.07, 6.45) is 2.49. The molecule has 0 spiro atoms. The molecule has 0 heterocycles. The number of halogens is 2. The molecule has 0 aliphatic heterocycles. The molecule has 1 rings (SSSR count). The van der Waals surface area contributed by atoms with E-state index in [9.17, 15) is 9.18 Å². The van der Waals surface area contributed by atoms with Crippen LogP contribution in [-0.4, -0.2) is 5.91 Å². The minimum absolute atomic E-state index is 0.363. The molecule has 0 bridgehead atoms. The molecule has 68 valence electrons. The van der Waals surface area contributed by atoms with Gasteiger partial charge >= 0.3 is 0 Å². The first-order valence-electron chi connectivity index (χ1n) is 3.52. The van der Waals surface area contributed by atoms with E-state index in [1.165, 1.54) is 12.1 Å². The predicted octanol–water partition coefficient (Wildman–Crippen LogP) is 1.93. The second-order valence-corrected chi connectivity index (χ2v) is 3.65. The topological polar surface area (TPSA) is 43.1 Å². The van der Waals surface area contributed by atoms with E-state index in [1.807, 2.05) is 0 Å². The van der Waals surface area contributed by atoms with E-state index in [0.29, 0.717) is 5.56 Å². The maximum absolute atomic E-state index is 13.0. The number of hydrogen-bond donors (Lipinski definition) is 1. The molecule has 1 aromatic carbocycles. The summed E-state index contributed by atoms with van der Waals surface area (Å²) in [5.41, 5.74) is 5.24. The molecule has 0 atom stereocenters. The molecule has 0 unspecified atom stereocenters. The van der Waals surface area contributed by atoms with Crippen molar-refractivity contribution < 1.29 is 9.18 Å². The molecule has 0 saturated carbocycles. The molecule has 2 N–H and O–H groups in total. The summed E-state index contributed by atoms with van der Waals surface area (Å²) in [7, 11) is 0. The first-order chi connectivity index (χ1) is 6.09. The molecule has 0 aliphatic carbocycles. The van der Waals surface area contributed by atoms with E-state index in [2.05, 4.69) is 22.6 Å². The highest BCUT2D eigenvalue weighted by molar-refractivity contribution is 14.1. The first-order valence-corrected chi connectivity index (χ1v) is 4.60. The molecular weight excluding hydrogens is 284 g/mol. The monoisotopic (exact) mass is 291 g/mol. The van der Waals surface area contributed by atoms with Crippen molar-refractivity contribution in [2.45, 2.75) is 0 Å². The highest BCUT2D eigenvalue weighted by Gasteiger charge is 1.98. The number of nitrogens with two attached hydrogens (primary N) is 1. The summed E-state index contributed by atoms with van der Waals surface area (Å²) in [5.74, 6) is -0.948. The number of rotatable bonds is 2. The van der Waals surface area contributed by atoms with Crippen LogP contribution in [0.1, 0.15) is 5.56 Å². The van der Waals surface area contributed by atoms with Crippen molar-refractivity contribution in [1.29, 1.82) is 0 Å². The Labute approximate surface area is 88.8 Å². The van der Waals surface area contributed by atoms with E-state index in [-0.39, 0.29) is 5.82 Å². The van der Waals surface area contributed by atoms with Crippen molar-refractivity contribution >= 4 is 34.6 Å². The normalized spacial score (nSPS) is 10.6. The SMILES string of the molecule is NC(=O)/C=C/c1cc(I)ccc1F. The van der Waals surface area contributed by atoms with Gasteiger partial charge in [-0.1, -0.05) is 0 Å². The van der Waals surface area contributed by atoms with E-state index < -0.39 is 5.91 Å². The Morgan fingerprint density at radius 2 is 2.23 bits per heavy atom. The Bertz CT molecular complexity index is 363. The minimum atomic E-state index is -0.585. The summed E-state index contributed by atoms with van der Waals surface area (Å²) in [6.45, 7) is 0. The lowest BCUT2D eigenvalue weighted by molar-refractivity contribution is -0.113. The van der Waals surface area contributed by atoms with Crippen LogP contribution in [0.5, 0.6) is 0 Å². The maximum atomic E-state index is 13.0. The van der Waals surface area contributed by atoms with Crippen LogP contribution in [0.15, 0.2) is 24.3 Å². The Kier molecular flexibility index (Phi) is 3.41. The van der Waals surface area contributed by atoms with Crippen LogP contribution >= 0.6 is 22.6 Å². The van der Waals surface area contributed by atoms with Gasteiger partial charge in [-0.05, 0) is 46.9 Å². The van der Waals surface area contributed by atoms with Crippen LogP contribution in [0.2, 0.25) is 0 Å². The summed E-state index contributed by atoms with van der Waals surface area (Å²) >= 11 is 2.06. The van der Waals surface area contributed by atoms with Crippen LogP contribution in [0.4, 0.5) is 4.39 Å². The molecule has 2 nitrogen and oxygen atoms in total. The highest BCUT2D eigenvalue weighted by Crippen LogP contribution is 2.13. The van der Waals surface area contributed by atoms with E-state index in [0.717, 1.165) is 9.65 Å². The molecule has 0 radical (unpaired) electrons. The van der Waals surface area contributed by atoms with Crippen LogP contribution < -0.4 is 5.73 Å². The van der Waals surface area contributed by atoms with Gasteiger partial charge < -0.3 is 5.73 Å². The smallest absolute Gasteiger partial charge is 0.241 e. The fourth-order valence-corrected chi connectivity index (χ4v) is 1.33. The quantitative estimate of drug-likeness (QED) is 0.656. The van der Waals surface area contributed by atoms with Crippen molar-refractivity contribution in [1.82, 2.24) is 0 Å². The van der Waals surface area contributed by atoms with Crippen molar-refractivity contribution in [3.8, 4) is 0 Å². The lowest BCUT2D eigenvalue weighted by Gasteiger charge is -1.96. The van der Waals surface area contributed by atoms with Gasteiger partial charge in [-0.15, -0.1) is 0 Å². The van der Waals surface area contributed by atoms with Gasteiger partial charge in [-0.3, -0.25) is 4.79 Å². The third-order valence-electron chi connectivity index (χ3n) is 1.39. The Morgan fingerprint density at radius 1 is 1.54 bits per heavy atom. The predicted molar refractivity (Wildman–Crippen MR) is 57.3 cm³/mol. The third-order valence-corrected chi connectivity index (χ3v) is 2.06. The molecule has 0 aromatic heterocycles. The first kappa shape index (κ1) is 10.2. The second-order valence-electron chi connectivity index (χ2n) is 2.40. The molecule has 1 amide bonds. The number of benzene rings is 1. The Morgan fingerprint density at radius 3 is 2.85 bits per heavy atom. The fourth-order valence-electron chi connectivity index (χ4n) is 0.814. The lowest BCUT2D eigenvalue weighted by atomic mass is 10.2.